The summed E-state index contributed by atoms with van der Waals surface area (Å²) >= 11 is 0. The molecule has 0 saturated heterocycles. The Kier molecular flexibility index (Phi) is 56.0. The molecule has 0 aliphatic rings. The second-order valence-corrected chi connectivity index (χ2v) is 20.7. The average molecular weight is 957 g/mol. The lowest BCUT2D eigenvalue weighted by molar-refractivity contribution is -0.143. The number of nitrogens with one attached hydrogen (secondary N) is 1. The SMILES string of the molecule is CCCCCC/C=C\C/C=C\CCCCCCCCCC(=O)OCCCCCCCC/C=C\CCCCCCCCCC(=O)NC(CO)C(O)CCCCCCCCCCCCCCCCCC. The van der Waals surface area contributed by atoms with Crippen LogP contribution in [0.1, 0.15) is 322 Å². The molecule has 6 nitrogen and oxygen atoms in total. The molecule has 2 atom stereocenters. The predicted molar refractivity (Wildman–Crippen MR) is 296 cm³/mol. The molecule has 0 aliphatic carbocycles. The van der Waals surface area contributed by atoms with Gasteiger partial charge < -0.3 is 20.3 Å². The van der Waals surface area contributed by atoms with Crippen LogP contribution in [0.15, 0.2) is 36.5 Å². The lowest BCUT2D eigenvalue weighted by Crippen LogP contribution is -2.45. The number of allylic oxidation sites excluding steroid dienone is 6. The molecule has 0 heterocycles. The molecule has 400 valence electrons. The van der Waals surface area contributed by atoms with Gasteiger partial charge in [-0.05, 0) is 83.5 Å². The van der Waals surface area contributed by atoms with E-state index in [1.807, 2.05) is 0 Å². The smallest absolute Gasteiger partial charge is 0.305 e. The normalized spacial score (nSPS) is 12.8. The number of esters is 1. The van der Waals surface area contributed by atoms with Crippen molar-refractivity contribution in [2.75, 3.05) is 13.2 Å². The van der Waals surface area contributed by atoms with Crippen LogP contribution in [0.3, 0.4) is 0 Å². The van der Waals surface area contributed by atoms with E-state index in [-0.39, 0.29) is 18.5 Å². The minimum absolute atomic E-state index is 0.00897. The third-order valence-corrected chi connectivity index (χ3v) is 13.9. The zero-order chi connectivity index (χ0) is 49.3. The number of amides is 1. The number of hydrogen-bond acceptors (Lipinski definition) is 5. The number of carbonyl (C=O) groups is 2. The first-order chi connectivity index (χ1) is 33.5. The van der Waals surface area contributed by atoms with Crippen molar-refractivity contribution in [1.29, 1.82) is 0 Å². The molecule has 0 aromatic carbocycles. The highest BCUT2D eigenvalue weighted by atomic mass is 16.5. The second-order valence-electron chi connectivity index (χ2n) is 20.7. The molecule has 0 spiro atoms. The molecule has 2 unspecified atom stereocenters. The topological polar surface area (TPSA) is 95.9 Å². The quantitative estimate of drug-likeness (QED) is 0.0321. The van der Waals surface area contributed by atoms with Gasteiger partial charge in [0.15, 0.2) is 0 Å². The van der Waals surface area contributed by atoms with Crippen LogP contribution in [-0.4, -0.2) is 47.4 Å². The Morgan fingerprint density at radius 1 is 0.412 bits per heavy atom. The number of rotatable bonds is 56. The third-order valence-electron chi connectivity index (χ3n) is 13.9. The van der Waals surface area contributed by atoms with Gasteiger partial charge in [0.1, 0.15) is 0 Å². The summed E-state index contributed by atoms with van der Waals surface area (Å²) in [5.41, 5.74) is 0. The van der Waals surface area contributed by atoms with E-state index in [9.17, 15) is 19.8 Å². The first-order valence-corrected chi connectivity index (χ1v) is 30.2. The Morgan fingerprint density at radius 2 is 0.735 bits per heavy atom. The lowest BCUT2D eigenvalue weighted by Gasteiger charge is -2.22. The fraction of sp³-hybridized carbons (Fsp3) is 0.871. The highest BCUT2D eigenvalue weighted by molar-refractivity contribution is 5.76. The summed E-state index contributed by atoms with van der Waals surface area (Å²) < 4.78 is 5.48. The number of unbranched alkanes of at least 4 members (excludes halogenated alkanes) is 39. The number of carbonyl (C=O) groups excluding carboxylic acids is 2. The fourth-order valence-electron chi connectivity index (χ4n) is 9.25. The summed E-state index contributed by atoms with van der Waals surface area (Å²) in [5, 5.41) is 23.3. The van der Waals surface area contributed by atoms with Crippen LogP contribution in [0.4, 0.5) is 0 Å². The van der Waals surface area contributed by atoms with Gasteiger partial charge in [-0.2, -0.15) is 0 Å². The predicted octanol–water partition coefficient (Wildman–Crippen LogP) is 18.8. The molecule has 1 amide bonds. The minimum Gasteiger partial charge on any atom is -0.466 e. The molecule has 68 heavy (non-hydrogen) atoms. The minimum atomic E-state index is -0.673. The van der Waals surface area contributed by atoms with Gasteiger partial charge >= 0.3 is 5.97 Å². The highest BCUT2D eigenvalue weighted by Crippen LogP contribution is 2.17. The summed E-state index contributed by atoms with van der Waals surface area (Å²) in [6.45, 7) is 4.92. The maximum absolute atomic E-state index is 12.5. The van der Waals surface area contributed by atoms with Crippen molar-refractivity contribution in [3.05, 3.63) is 36.5 Å². The summed E-state index contributed by atoms with van der Waals surface area (Å²) in [6, 6.07) is -0.551. The van der Waals surface area contributed by atoms with Crippen molar-refractivity contribution in [3.63, 3.8) is 0 Å². The van der Waals surface area contributed by atoms with Crippen molar-refractivity contribution in [2.24, 2.45) is 0 Å². The summed E-state index contributed by atoms with van der Waals surface area (Å²) in [6.07, 6.45) is 71.4. The van der Waals surface area contributed by atoms with E-state index < -0.39 is 12.1 Å². The zero-order valence-corrected chi connectivity index (χ0v) is 45.6. The maximum Gasteiger partial charge on any atom is 0.305 e. The first kappa shape index (κ1) is 66.1. The zero-order valence-electron chi connectivity index (χ0n) is 45.6. The molecule has 0 saturated carbocycles. The van der Waals surface area contributed by atoms with E-state index in [1.54, 1.807) is 0 Å². The molecule has 0 aromatic rings. The maximum atomic E-state index is 12.5. The Hall–Kier alpha value is -1.92. The molecule has 3 N–H and O–H groups in total. The van der Waals surface area contributed by atoms with E-state index in [0.717, 1.165) is 64.2 Å². The van der Waals surface area contributed by atoms with E-state index in [0.29, 0.717) is 25.9 Å². The van der Waals surface area contributed by atoms with Crippen molar-refractivity contribution in [2.45, 2.75) is 334 Å². The summed E-state index contributed by atoms with van der Waals surface area (Å²) in [5.74, 6) is -0.0549. The van der Waals surface area contributed by atoms with Crippen LogP contribution < -0.4 is 5.32 Å². The van der Waals surface area contributed by atoms with Crippen molar-refractivity contribution >= 4 is 11.9 Å². The van der Waals surface area contributed by atoms with Crippen molar-refractivity contribution in [1.82, 2.24) is 5.32 Å². The van der Waals surface area contributed by atoms with Crippen molar-refractivity contribution < 1.29 is 24.5 Å². The molecular formula is C62H117NO5. The van der Waals surface area contributed by atoms with Crippen LogP contribution in [0.25, 0.3) is 0 Å². The van der Waals surface area contributed by atoms with Gasteiger partial charge in [-0.15, -0.1) is 0 Å². The van der Waals surface area contributed by atoms with Gasteiger partial charge in [0.2, 0.25) is 5.91 Å². The Morgan fingerprint density at radius 3 is 1.15 bits per heavy atom. The molecule has 6 heteroatoms. The van der Waals surface area contributed by atoms with Crippen LogP contribution in [0.5, 0.6) is 0 Å². The van der Waals surface area contributed by atoms with Crippen LogP contribution in [0.2, 0.25) is 0 Å². The van der Waals surface area contributed by atoms with Crippen LogP contribution in [-0.2, 0) is 14.3 Å². The number of hydrogen-bond donors (Lipinski definition) is 3. The monoisotopic (exact) mass is 956 g/mol. The lowest BCUT2D eigenvalue weighted by atomic mass is 10.0. The van der Waals surface area contributed by atoms with E-state index in [4.69, 9.17) is 4.74 Å². The third kappa shape index (κ3) is 53.4. The molecule has 0 radical (unpaired) electrons. The Bertz CT molecular complexity index is 1100. The molecule has 0 bridgehead atoms. The number of aliphatic hydroxyl groups is 2. The van der Waals surface area contributed by atoms with Crippen molar-refractivity contribution in [3.8, 4) is 0 Å². The second kappa shape index (κ2) is 57.7. The first-order valence-electron chi connectivity index (χ1n) is 30.2. The molecular weight excluding hydrogens is 839 g/mol. The van der Waals surface area contributed by atoms with E-state index in [1.165, 1.54) is 225 Å². The number of ether oxygens (including phenoxy) is 1. The largest absolute Gasteiger partial charge is 0.466 e. The summed E-state index contributed by atoms with van der Waals surface area (Å²) in [7, 11) is 0. The van der Waals surface area contributed by atoms with Gasteiger partial charge in [0.25, 0.3) is 0 Å². The van der Waals surface area contributed by atoms with Gasteiger partial charge in [0, 0.05) is 12.8 Å². The Labute approximate surface area is 424 Å². The summed E-state index contributed by atoms with van der Waals surface area (Å²) in [4.78, 5) is 24.6. The van der Waals surface area contributed by atoms with Gasteiger partial charge in [-0.1, -0.05) is 262 Å². The standard InChI is InChI=1S/C62H117NO5/c1-3-5-7-9-11-13-15-17-19-21-24-28-32-36-40-44-48-52-56-62(67)68-57-53-49-45-41-37-33-29-25-22-23-27-31-35-39-43-47-51-55-61(66)63-59(58-64)60(65)54-50-46-42-38-34-30-26-20-18-16-14-12-10-8-6-4-2/h13,15,19,21-22,25,59-60,64-65H,3-12,14,16-18,20,23-24,26-58H2,1-2H3,(H,63,66)/b15-13-,21-19-,25-22-. The molecule has 0 fully saturated rings. The molecule has 0 aliphatic heterocycles. The van der Waals surface area contributed by atoms with Gasteiger partial charge in [0.05, 0.1) is 25.4 Å². The Balaban J connectivity index is 3.45. The van der Waals surface area contributed by atoms with Gasteiger partial charge in [-0.25, -0.2) is 0 Å². The van der Waals surface area contributed by atoms with Crippen LogP contribution >= 0.6 is 0 Å². The number of aliphatic hydroxyl groups excluding tert-OH is 2. The molecule has 0 rings (SSSR count). The van der Waals surface area contributed by atoms with E-state index in [2.05, 4.69) is 55.6 Å². The highest BCUT2D eigenvalue weighted by Gasteiger charge is 2.20. The fourth-order valence-corrected chi connectivity index (χ4v) is 9.25. The molecule has 0 aromatic heterocycles. The van der Waals surface area contributed by atoms with Crippen LogP contribution in [0, 0.1) is 0 Å². The van der Waals surface area contributed by atoms with E-state index >= 15 is 0 Å². The average Bonchev–Trinajstić information content (AvgIpc) is 3.34. The van der Waals surface area contributed by atoms with Gasteiger partial charge in [-0.3, -0.25) is 9.59 Å².